The molecule has 0 amide bonds. The zero-order chi connectivity index (χ0) is 13.2. The van der Waals surface area contributed by atoms with Crippen LogP contribution < -0.4 is 0 Å². The summed E-state index contributed by atoms with van der Waals surface area (Å²) in [6.07, 6.45) is -0.287. The van der Waals surface area contributed by atoms with Crippen LogP contribution in [0.2, 0.25) is 0 Å². The van der Waals surface area contributed by atoms with Crippen molar-refractivity contribution in [2.75, 3.05) is 6.61 Å². The van der Waals surface area contributed by atoms with E-state index in [1.165, 1.54) is 0 Å². The maximum atomic E-state index is 11.8. The molecule has 1 aliphatic rings. The van der Waals surface area contributed by atoms with Gasteiger partial charge in [-0.3, -0.25) is 0 Å². The Balaban J connectivity index is 2.97. The highest BCUT2D eigenvalue weighted by atomic mass is 16.6. The van der Waals surface area contributed by atoms with Gasteiger partial charge in [-0.25, -0.2) is 4.79 Å². The van der Waals surface area contributed by atoms with Crippen LogP contribution in [0.3, 0.4) is 0 Å². The molecule has 0 aliphatic carbocycles. The molecule has 0 saturated carbocycles. The minimum atomic E-state index is -0.801. The quantitative estimate of drug-likeness (QED) is 0.602. The van der Waals surface area contributed by atoms with Crippen molar-refractivity contribution in [1.29, 1.82) is 0 Å². The van der Waals surface area contributed by atoms with E-state index in [0.717, 1.165) is 0 Å². The van der Waals surface area contributed by atoms with Gasteiger partial charge in [0.2, 0.25) is 0 Å². The van der Waals surface area contributed by atoms with Crippen molar-refractivity contribution in [1.82, 2.24) is 0 Å². The first kappa shape index (κ1) is 14.2. The molecule has 0 spiro atoms. The molecule has 1 heterocycles. The lowest BCUT2D eigenvalue weighted by Gasteiger charge is -2.32. The van der Waals surface area contributed by atoms with Crippen LogP contribution in [-0.4, -0.2) is 35.5 Å². The highest BCUT2D eigenvalue weighted by Crippen LogP contribution is 2.43. The van der Waals surface area contributed by atoms with E-state index >= 15 is 0 Å². The Morgan fingerprint density at radius 2 is 2.06 bits per heavy atom. The number of hydrogen-bond donors (Lipinski definition) is 1. The number of esters is 1. The van der Waals surface area contributed by atoms with Crippen molar-refractivity contribution in [3.63, 3.8) is 0 Å². The van der Waals surface area contributed by atoms with Gasteiger partial charge in [0.05, 0.1) is 24.4 Å². The summed E-state index contributed by atoms with van der Waals surface area (Å²) in [7, 11) is 0. The predicted octanol–water partition coefficient (Wildman–Crippen LogP) is 1.67. The molecular weight excluding hydrogens is 220 g/mol. The van der Waals surface area contributed by atoms with Gasteiger partial charge in [0.1, 0.15) is 5.60 Å². The van der Waals surface area contributed by atoms with Gasteiger partial charge in [0.15, 0.2) is 0 Å². The molecule has 4 atom stereocenters. The van der Waals surface area contributed by atoms with Crippen molar-refractivity contribution < 1.29 is 19.4 Å². The molecule has 0 bridgehead atoms. The van der Waals surface area contributed by atoms with Gasteiger partial charge in [-0.05, 0) is 20.3 Å². The second kappa shape index (κ2) is 5.19. The largest absolute Gasteiger partial charge is 0.463 e. The molecule has 1 saturated heterocycles. The van der Waals surface area contributed by atoms with Gasteiger partial charge in [0.25, 0.3) is 0 Å². The molecule has 0 aromatic heterocycles. The van der Waals surface area contributed by atoms with Gasteiger partial charge in [-0.15, -0.1) is 0 Å². The number of carbonyl (C=O) groups is 1. The number of aliphatic hydroxyl groups is 1. The SMILES string of the molecule is C=C(C(=O)OCC)[C@@]1(CC)O[C@@H](C)[C@H](O)[C@H]1C. The number of aliphatic hydroxyl groups excluding tert-OH is 1. The predicted molar refractivity (Wildman–Crippen MR) is 64.5 cm³/mol. The lowest BCUT2D eigenvalue weighted by atomic mass is 9.79. The van der Waals surface area contributed by atoms with Crippen LogP contribution in [0.4, 0.5) is 0 Å². The Morgan fingerprint density at radius 1 is 1.47 bits per heavy atom. The maximum Gasteiger partial charge on any atom is 0.336 e. The van der Waals surface area contributed by atoms with Gasteiger partial charge >= 0.3 is 5.97 Å². The van der Waals surface area contributed by atoms with Gasteiger partial charge in [-0.2, -0.15) is 0 Å². The van der Waals surface area contributed by atoms with E-state index < -0.39 is 17.7 Å². The Labute approximate surface area is 103 Å². The van der Waals surface area contributed by atoms with Crippen LogP contribution in [0, 0.1) is 5.92 Å². The highest BCUT2D eigenvalue weighted by Gasteiger charge is 2.53. The fraction of sp³-hybridized carbons (Fsp3) is 0.769. The lowest BCUT2D eigenvalue weighted by molar-refractivity contribution is -0.142. The molecule has 1 fully saturated rings. The van der Waals surface area contributed by atoms with E-state index in [4.69, 9.17) is 9.47 Å². The van der Waals surface area contributed by atoms with E-state index in [9.17, 15) is 9.90 Å². The van der Waals surface area contributed by atoms with Crippen molar-refractivity contribution in [2.45, 2.75) is 51.9 Å². The van der Waals surface area contributed by atoms with Gasteiger partial charge < -0.3 is 14.6 Å². The average Bonchev–Trinajstić information content (AvgIpc) is 2.53. The van der Waals surface area contributed by atoms with E-state index in [2.05, 4.69) is 6.58 Å². The number of ether oxygens (including phenoxy) is 2. The third-order valence-corrected chi connectivity index (χ3v) is 3.68. The summed E-state index contributed by atoms with van der Waals surface area (Å²) in [5.41, 5.74) is -0.497. The fourth-order valence-electron chi connectivity index (χ4n) is 2.55. The zero-order valence-corrected chi connectivity index (χ0v) is 11.0. The molecule has 0 aromatic rings. The van der Waals surface area contributed by atoms with Crippen LogP contribution in [0.25, 0.3) is 0 Å². The summed E-state index contributed by atoms with van der Waals surface area (Å²) >= 11 is 0. The van der Waals surface area contributed by atoms with Gasteiger partial charge in [-0.1, -0.05) is 20.4 Å². The average molecular weight is 242 g/mol. The first-order valence-electron chi connectivity index (χ1n) is 6.13. The second-order valence-corrected chi connectivity index (χ2v) is 4.54. The molecule has 17 heavy (non-hydrogen) atoms. The van der Waals surface area contributed by atoms with Crippen LogP contribution in [0.15, 0.2) is 12.2 Å². The summed E-state index contributed by atoms with van der Waals surface area (Å²) in [5, 5.41) is 9.98. The normalized spacial score (nSPS) is 36.9. The Bertz CT molecular complexity index is 313. The van der Waals surface area contributed by atoms with Crippen molar-refractivity contribution in [3.05, 3.63) is 12.2 Å². The van der Waals surface area contributed by atoms with E-state index in [0.29, 0.717) is 18.6 Å². The molecule has 0 radical (unpaired) electrons. The topological polar surface area (TPSA) is 55.8 Å². The standard InChI is InChI=1S/C13H22O4/c1-6-13(9(4)12(15)16-7-2)8(3)11(14)10(5)17-13/h8,10-11,14H,4,6-7H2,1-3,5H3/t8-,10+,11-,13+/m1/s1. The van der Waals surface area contributed by atoms with Crippen LogP contribution >= 0.6 is 0 Å². The lowest BCUT2D eigenvalue weighted by Crippen LogP contribution is -2.41. The summed E-state index contributed by atoms with van der Waals surface area (Å²) in [5.74, 6) is -0.609. The minimum Gasteiger partial charge on any atom is -0.463 e. The number of rotatable bonds is 4. The molecule has 98 valence electrons. The van der Waals surface area contributed by atoms with Crippen LogP contribution in [0.5, 0.6) is 0 Å². The van der Waals surface area contributed by atoms with Crippen molar-refractivity contribution in [2.24, 2.45) is 5.92 Å². The first-order valence-corrected chi connectivity index (χ1v) is 6.13. The Kier molecular flexibility index (Phi) is 4.33. The van der Waals surface area contributed by atoms with Crippen LogP contribution in [0.1, 0.15) is 34.1 Å². The van der Waals surface area contributed by atoms with Gasteiger partial charge in [0, 0.05) is 5.92 Å². The smallest absolute Gasteiger partial charge is 0.336 e. The molecule has 4 heteroatoms. The molecule has 0 aromatic carbocycles. The summed E-state index contributed by atoms with van der Waals surface area (Å²) in [6, 6.07) is 0. The fourth-order valence-corrected chi connectivity index (χ4v) is 2.55. The minimum absolute atomic E-state index is 0.167. The van der Waals surface area contributed by atoms with E-state index in [-0.39, 0.29) is 12.0 Å². The van der Waals surface area contributed by atoms with Crippen molar-refractivity contribution >= 4 is 5.97 Å². The Morgan fingerprint density at radius 3 is 2.41 bits per heavy atom. The van der Waals surface area contributed by atoms with E-state index in [1.807, 2.05) is 13.8 Å². The molecule has 1 N–H and O–H groups in total. The summed E-state index contributed by atoms with van der Waals surface area (Å²) in [4.78, 5) is 11.8. The second-order valence-electron chi connectivity index (χ2n) is 4.54. The van der Waals surface area contributed by atoms with Crippen molar-refractivity contribution in [3.8, 4) is 0 Å². The first-order chi connectivity index (χ1) is 7.90. The number of hydrogen-bond acceptors (Lipinski definition) is 4. The molecular formula is C13H22O4. The van der Waals surface area contributed by atoms with E-state index in [1.54, 1.807) is 13.8 Å². The molecule has 4 nitrogen and oxygen atoms in total. The summed E-state index contributed by atoms with van der Waals surface area (Å²) in [6.45, 7) is 11.5. The summed E-state index contributed by atoms with van der Waals surface area (Å²) < 4.78 is 10.8. The molecule has 0 unspecified atom stereocenters. The molecule has 1 rings (SSSR count). The maximum absolute atomic E-state index is 11.8. The zero-order valence-electron chi connectivity index (χ0n) is 11.0. The number of carbonyl (C=O) groups excluding carboxylic acids is 1. The van der Waals surface area contributed by atoms with Crippen LogP contribution in [-0.2, 0) is 14.3 Å². The molecule has 1 aliphatic heterocycles. The third-order valence-electron chi connectivity index (χ3n) is 3.68. The monoisotopic (exact) mass is 242 g/mol. The highest BCUT2D eigenvalue weighted by molar-refractivity contribution is 5.90. The Hall–Kier alpha value is -0.870. The third kappa shape index (κ3) is 2.24.